The van der Waals surface area contributed by atoms with Crippen molar-refractivity contribution in [3.8, 4) is 11.8 Å². The molecule has 0 radical (unpaired) electrons. The van der Waals surface area contributed by atoms with E-state index in [9.17, 15) is 34.5 Å². The van der Waals surface area contributed by atoms with E-state index in [1.165, 1.54) is 19.1 Å². The van der Waals surface area contributed by atoms with Gasteiger partial charge in [-0.15, -0.1) is 5.92 Å². The number of ether oxygens (including phenoxy) is 5. The molecule has 3 N–H and O–H groups in total. The maximum Gasteiger partial charge on any atom is 0.329 e. The molecule has 332 valence electrons. The van der Waals surface area contributed by atoms with Crippen molar-refractivity contribution in [2.75, 3.05) is 27.4 Å². The Bertz CT molecular complexity index is 1580. The van der Waals surface area contributed by atoms with E-state index < -0.39 is 83.9 Å². The smallest absolute Gasteiger partial charge is 0.329 e. The quantitative estimate of drug-likeness (QED) is 0.138. The molecule has 4 aliphatic rings. The fraction of sp³-hybridized carbons (Fsp3) is 0.783. The second-order valence-electron chi connectivity index (χ2n) is 17.7. The highest BCUT2D eigenvalue weighted by atomic mass is 16.7. The lowest BCUT2D eigenvalue weighted by Crippen LogP contribution is -2.64. The average Bonchev–Trinajstić information content (AvgIpc) is 3.21. The van der Waals surface area contributed by atoms with Crippen LogP contribution in [0.1, 0.15) is 119 Å². The molecule has 1 aliphatic carbocycles. The van der Waals surface area contributed by atoms with Crippen LogP contribution in [0.15, 0.2) is 23.3 Å². The zero-order valence-corrected chi connectivity index (χ0v) is 36.8. The molecular formula is C46H71NO12. The van der Waals surface area contributed by atoms with Crippen LogP contribution in [0.3, 0.4) is 0 Å². The molecule has 1 amide bonds. The lowest BCUT2D eigenvalue weighted by Gasteiger charge is -2.47. The van der Waals surface area contributed by atoms with Crippen molar-refractivity contribution in [3.63, 3.8) is 0 Å². The highest BCUT2D eigenvalue weighted by molar-refractivity contribution is 6.39. The summed E-state index contributed by atoms with van der Waals surface area (Å²) in [6.07, 6.45) is 3.33. The molecule has 3 aliphatic heterocycles. The lowest BCUT2D eigenvalue weighted by atomic mass is 9.81. The first kappa shape index (κ1) is 48.7. The third-order valence-corrected chi connectivity index (χ3v) is 13.1. The second-order valence-corrected chi connectivity index (χ2v) is 17.7. The SMILES string of the molecule is CC#CCOC1CCC(C=C(C)C2OC(=O)C3CCCCN3C(=O)C(=O)C3(O)OC(C(OC)CC(C)C/C(C)=C/C(CC)C(=O)CC(O)C2C)C(OC)CC3C)CC1O. The van der Waals surface area contributed by atoms with Crippen molar-refractivity contribution in [2.24, 2.45) is 29.6 Å². The number of aliphatic hydroxyl groups is 3. The first-order valence-electron chi connectivity index (χ1n) is 21.8. The number of fused-ring (bicyclic) bond motifs is 3. The Hall–Kier alpha value is -2.96. The number of ketones is 2. The number of allylic oxidation sites excluding steroid dienone is 3. The number of aliphatic hydroxyl groups excluding tert-OH is 2. The summed E-state index contributed by atoms with van der Waals surface area (Å²) in [7, 11) is 3.06. The number of esters is 1. The molecule has 0 aromatic rings. The first-order chi connectivity index (χ1) is 28.0. The van der Waals surface area contributed by atoms with E-state index in [0.717, 1.165) is 5.57 Å². The molecule has 0 spiro atoms. The van der Waals surface area contributed by atoms with Crippen molar-refractivity contribution >= 4 is 23.4 Å². The molecular weight excluding hydrogens is 759 g/mol. The van der Waals surface area contributed by atoms with E-state index in [4.69, 9.17) is 23.7 Å². The number of cyclic esters (lactones) is 1. The minimum Gasteiger partial charge on any atom is -0.456 e. The third-order valence-electron chi connectivity index (χ3n) is 13.1. The molecule has 2 bridgehead atoms. The van der Waals surface area contributed by atoms with Gasteiger partial charge in [0.05, 0.1) is 30.5 Å². The van der Waals surface area contributed by atoms with Gasteiger partial charge in [0.25, 0.3) is 11.7 Å². The van der Waals surface area contributed by atoms with Crippen LogP contribution in [0.2, 0.25) is 0 Å². The van der Waals surface area contributed by atoms with E-state index >= 15 is 0 Å². The topological polar surface area (TPSA) is 178 Å². The summed E-state index contributed by atoms with van der Waals surface area (Å²) >= 11 is 0. The molecule has 13 nitrogen and oxygen atoms in total. The van der Waals surface area contributed by atoms with E-state index in [2.05, 4.69) is 11.8 Å². The van der Waals surface area contributed by atoms with Gasteiger partial charge in [-0.1, -0.05) is 51.3 Å². The minimum absolute atomic E-state index is 0.0289. The number of methoxy groups -OCH3 is 2. The number of hydrogen-bond acceptors (Lipinski definition) is 12. The fourth-order valence-corrected chi connectivity index (χ4v) is 9.56. The van der Waals surface area contributed by atoms with Crippen LogP contribution >= 0.6 is 0 Å². The second kappa shape index (κ2) is 22.2. The molecule has 3 heterocycles. The minimum atomic E-state index is -2.51. The molecule has 14 unspecified atom stereocenters. The molecule has 14 atom stereocenters. The van der Waals surface area contributed by atoms with Gasteiger partial charge < -0.3 is 43.9 Å². The number of piperidine rings is 1. The molecule has 0 aromatic heterocycles. The van der Waals surface area contributed by atoms with Crippen LogP contribution in [-0.2, 0) is 42.9 Å². The number of nitrogens with zero attached hydrogens (tertiary/aromatic N) is 1. The number of hydrogen-bond donors (Lipinski definition) is 3. The Morgan fingerprint density at radius 1 is 0.966 bits per heavy atom. The Morgan fingerprint density at radius 2 is 1.66 bits per heavy atom. The summed E-state index contributed by atoms with van der Waals surface area (Å²) in [5.74, 6) is -2.02. The van der Waals surface area contributed by atoms with Crippen LogP contribution in [0, 0.1) is 41.4 Å². The van der Waals surface area contributed by atoms with Crippen LogP contribution in [-0.4, -0.2) is 126 Å². The standard InChI is InChI=1S/C46H71NO12/c1-10-12-19-57-38-17-16-32(25-37(38)50)23-29(5)41-31(7)35(48)26-36(49)33(11-2)21-27(3)20-28(4)22-39(55-8)42-40(56-9)24-30(6)46(54,59-42)43(51)44(52)47-18-14-13-15-34(47)45(53)58-41/h21,23,28,30-35,37-42,48,50,54H,11,13-20,22,24-26H2,1-9H3/b27-21+,29-23?. The molecule has 0 aromatic carbocycles. The van der Waals surface area contributed by atoms with Gasteiger partial charge >= 0.3 is 5.97 Å². The summed E-state index contributed by atoms with van der Waals surface area (Å²) in [4.78, 5) is 57.8. The van der Waals surface area contributed by atoms with E-state index in [1.54, 1.807) is 27.7 Å². The van der Waals surface area contributed by atoms with E-state index in [1.807, 2.05) is 32.9 Å². The molecule has 13 heteroatoms. The van der Waals surface area contributed by atoms with Gasteiger partial charge in [-0.3, -0.25) is 14.4 Å². The number of Topliss-reactive ketones (excluding diaryl/α,β-unsaturated/α-hetero) is 2. The Morgan fingerprint density at radius 3 is 2.31 bits per heavy atom. The maximum atomic E-state index is 14.3. The van der Waals surface area contributed by atoms with E-state index in [0.29, 0.717) is 56.9 Å². The molecule has 4 rings (SSSR count). The highest BCUT2D eigenvalue weighted by Gasteiger charge is 2.56. The lowest BCUT2D eigenvalue weighted by molar-refractivity contribution is -0.302. The van der Waals surface area contributed by atoms with Gasteiger partial charge in [0.2, 0.25) is 5.79 Å². The van der Waals surface area contributed by atoms with Gasteiger partial charge in [-0.25, -0.2) is 4.79 Å². The zero-order valence-electron chi connectivity index (χ0n) is 36.8. The molecule has 1 saturated carbocycles. The first-order valence-corrected chi connectivity index (χ1v) is 21.8. The van der Waals surface area contributed by atoms with Crippen LogP contribution in [0.4, 0.5) is 0 Å². The summed E-state index contributed by atoms with van der Waals surface area (Å²) in [6.45, 7) is 13.2. The summed E-state index contributed by atoms with van der Waals surface area (Å²) in [5, 5.41) is 34.7. The Labute approximate surface area is 351 Å². The van der Waals surface area contributed by atoms with Gasteiger partial charge in [0, 0.05) is 44.9 Å². The van der Waals surface area contributed by atoms with Crippen LogP contribution in [0.25, 0.3) is 0 Å². The Kier molecular flexibility index (Phi) is 18.3. The Balaban J connectivity index is 1.73. The zero-order chi connectivity index (χ0) is 43.6. The van der Waals surface area contributed by atoms with Gasteiger partial charge in [-0.05, 0) is 102 Å². The largest absolute Gasteiger partial charge is 0.456 e. The van der Waals surface area contributed by atoms with Crippen LogP contribution < -0.4 is 0 Å². The monoisotopic (exact) mass is 829 g/mol. The van der Waals surface area contributed by atoms with Crippen molar-refractivity contribution in [1.29, 1.82) is 0 Å². The average molecular weight is 830 g/mol. The number of rotatable bonds is 7. The predicted octanol–water partition coefficient (Wildman–Crippen LogP) is 4.87. The number of carbonyl (C=O) groups is 4. The van der Waals surface area contributed by atoms with Crippen LogP contribution in [0.5, 0.6) is 0 Å². The van der Waals surface area contributed by atoms with Crippen molar-refractivity contribution in [1.82, 2.24) is 4.90 Å². The van der Waals surface area contributed by atoms with Gasteiger partial charge in [0.15, 0.2) is 0 Å². The summed E-state index contributed by atoms with van der Waals surface area (Å²) < 4.78 is 30.0. The maximum absolute atomic E-state index is 14.3. The van der Waals surface area contributed by atoms with Gasteiger partial charge in [-0.2, -0.15) is 0 Å². The number of carbonyl (C=O) groups excluding carboxylic acids is 4. The molecule has 3 fully saturated rings. The van der Waals surface area contributed by atoms with Gasteiger partial charge in [0.1, 0.15) is 30.6 Å². The molecule has 2 saturated heterocycles. The van der Waals surface area contributed by atoms with Crippen molar-refractivity contribution in [2.45, 2.75) is 174 Å². The highest BCUT2D eigenvalue weighted by Crippen LogP contribution is 2.39. The summed E-state index contributed by atoms with van der Waals surface area (Å²) in [5.41, 5.74) is 1.62. The van der Waals surface area contributed by atoms with Crippen molar-refractivity contribution in [3.05, 3.63) is 23.3 Å². The fourth-order valence-electron chi connectivity index (χ4n) is 9.56. The third kappa shape index (κ3) is 12.1. The molecule has 59 heavy (non-hydrogen) atoms. The summed E-state index contributed by atoms with van der Waals surface area (Å²) in [6, 6.07) is -1.15. The van der Waals surface area contributed by atoms with Crippen molar-refractivity contribution < 1.29 is 58.2 Å². The number of amides is 1. The van der Waals surface area contributed by atoms with E-state index in [-0.39, 0.29) is 56.1 Å². The normalized spacial score (nSPS) is 39.8. The predicted molar refractivity (Wildman–Crippen MR) is 220 cm³/mol.